The van der Waals surface area contributed by atoms with Crippen LogP contribution in [0.15, 0.2) is 18.2 Å². The van der Waals surface area contributed by atoms with E-state index in [4.69, 9.17) is 11.6 Å². The van der Waals surface area contributed by atoms with Gasteiger partial charge in [0.25, 0.3) is 0 Å². The van der Waals surface area contributed by atoms with Gasteiger partial charge in [0.2, 0.25) is 0 Å². The first-order valence-corrected chi connectivity index (χ1v) is 4.17. The van der Waals surface area contributed by atoms with E-state index >= 15 is 0 Å². The van der Waals surface area contributed by atoms with E-state index < -0.39 is 11.4 Å². The maximum absolute atomic E-state index is 12.9. The summed E-state index contributed by atoms with van der Waals surface area (Å²) in [6.07, 6.45) is 1.43. The minimum absolute atomic E-state index is 0.100. The van der Waals surface area contributed by atoms with E-state index in [1.807, 2.05) is 0 Å². The van der Waals surface area contributed by atoms with E-state index in [2.05, 4.69) is 0 Å². The van der Waals surface area contributed by atoms with Gasteiger partial charge >= 0.3 is 0 Å². The molecule has 1 aromatic carbocycles. The van der Waals surface area contributed by atoms with Crippen LogP contribution >= 0.6 is 11.6 Å². The topological polar surface area (TPSA) is 20.2 Å². The monoisotopic (exact) mass is 186 g/mol. The van der Waals surface area contributed by atoms with Crippen LogP contribution in [0.2, 0.25) is 5.02 Å². The van der Waals surface area contributed by atoms with Gasteiger partial charge < -0.3 is 5.11 Å². The second kappa shape index (κ2) is 2.44. The lowest BCUT2D eigenvalue weighted by Gasteiger charge is -2.07. The van der Waals surface area contributed by atoms with Crippen molar-refractivity contribution >= 4 is 11.6 Å². The summed E-state index contributed by atoms with van der Waals surface area (Å²) in [6.45, 7) is 0. The van der Waals surface area contributed by atoms with Gasteiger partial charge in [-0.05, 0) is 30.5 Å². The largest absolute Gasteiger partial charge is 0.385 e. The van der Waals surface area contributed by atoms with Crippen LogP contribution in [0.4, 0.5) is 4.39 Å². The summed E-state index contributed by atoms with van der Waals surface area (Å²) in [5.74, 6) is -0.463. The molecule has 1 aromatic rings. The van der Waals surface area contributed by atoms with Gasteiger partial charge in [-0.3, -0.25) is 0 Å². The zero-order valence-electron chi connectivity index (χ0n) is 6.35. The molecule has 0 spiro atoms. The Labute approximate surface area is 74.8 Å². The first kappa shape index (κ1) is 8.02. The molecule has 1 nitrogen and oxygen atoms in total. The van der Waals surface area contributed by atoms with Gasteiger partial charge in [0.1, 0.15) is 5.82 Å². The summed E-state index contributed by atoms with van der Waals surface area (Å²) in [7, 11) is 0. The van der Waals surface area contributed by atoms with Gasteiger partial charge in [0, 0.05) is 0 Å². The Hall–Kier alpha value is -0.600. The summed E-state index contributed by atoms with van der Waals surface area (Å²) >= 11 is 5.49. The minimum Gasteiger partial charge on any atom is -0.385 e. The first-order chi connectivity index (χ1) is 5.62. The zero-order chi connectivity index (χ0) is 8.77. The van der Waals surface area contributed by atoms with E-state index in [1.165, 1.54) is 12.1 Å². The Kier molecular flexibility index (Phi) is 1.63. The molecule has 12 heavy (non-hydrogen) atoms. The predicted octanol–water partition coefficient (Wildman–Crippen LogP) is 2.46. The molecular formula is C9H8ClFO. The van der Waals surface area contributed by atoms with Crippen molar-refractivity contribution in [2.45, 2.75) is 18.4 Å². The second-order valence-corrected chi connectivity index (χ2v) is 3.57. The number of benzene rings is 1. The van der Waals surface area contributed by atoms with Crippen LogP contribution in [0.5, 0.6) is 0 Å². The Bertz CT molecular complexity index is 320. The number of halogens is 2. The summed E-state index contributed by atoms with van der Waals surface area (Å²) in [6, 6.07) is 4.44. The van der Waals surface area contributed by atoms with Crippen LogP contribution in [0.3, 0.4) is 0 Å². The molecule has 0 atom stereocenters. The summed E-state index contributed by atoms with van der Waals surface area (Å²) in [4.78, 5) is 0. The summed E-state index contributed by atoms with van der Waals surface area (Å²) in [5.41, 5.74) is -0.143. The third-order valence-corrected chi connectivity index (χ3v) is 2.49. The highest BCUT2D eigenvalue weighted by Gasteiger charge is 2.42. The highest BCUT2D eigenvalue weighted by molar-refractivity contribution is 6.30. The molecule has 2 rings (SSSR count). The Morgan fingerprint density at radius 1 is 1.42 bits per heavy atom. The lowest BCUT2D eigenvalue weighted by atomic mass is 10.1. The Morgan fingerprint density at radius 2 is 2.08 bits per heavy atom. The maximum Gasteiger partial charge on any atom is 0.142 e. The number of hydrogen-bond acceptors (Lipinski definition) is 1. The minimum atomic E-state index is -0.772. The van der Waals surface area contributed by atoms with Crippen LogP contribution < -0.4 is 0 Å². The van der Waals surface area contributed by atoms with Gasteiger partial charge in [-0.15, -0.1) is 0 Å². The molecule has 0 unspecified atom stereocenters. The molecule has 3 heteroatoms. The standard InChI is InChI=1S/C9H8ClFO/c10-7-2-1-6(5-8(7)11)9(12)3-4-9/h1-2,5,12H,3-4H2. The van der Waals surface area contributed by atoms with Gasteiger partial charge in [0.15, 0.2) is 0 Å². The van der Waals surface area contributed by atoms with Crippen LogP contribution in [0.1, 0.15) is 18.4 Å². The molecule has 0 aromatic heterocycles. The van der Waals surface area contributed by atoms with Gasteiger partial charge in [0.05, 0.1) is 10.6 Å². The predicted molar refractivity (Wildman–Crippen MR) is 44.5 cm³/mol. The zero-order valence-corrected chi connectivity index (χ0v) is 7.11. The normalized spacial score (nSPS) is 19.2. The molecule has 0 aliphatic heterocycles. The van der Waals surface area contributed by atoms with Crippen molar-refractivity contribution in [1.29, 1.82) is 0 Å². The van der Waals surface area contributed by atoms with Crippen LogP contribution in [0.25, 0.3) is 0 Å². The van der Waals surface area contributed by atoms with Gasteiger partial charge in [-0.25, -0.2) is 4.39 Å². The SMILES string of the molecule is OC1(c2ccc(Cl)c(F)c2)CC1. The van der Waals surface area contributed by atoms with Crippen molar-refractivity contribution in [3.63, 3.8) is 0 Å². The third kappa shape index (κ3) is 1.21. The second-order valence-electron chi connectivity index (χ2n) is 3.16. The van der Waals surface area contributed by atoms with E-state index in [0.717, 1.165) is 0 Å². The van der Waals surface area contributed by atoms with Gasteiger partial charge in [-0.2, -0.15) is 0 Å². The Morgan fingerprint density at radius 3 is 2.58 bits per heavy atom. The van der Waals surface area contributed by atoms with E-state index in [0.29, 0.717) is 18.4 Å². The molecule has 0 amide bonds. The fraction of sp³-hybridized carbons (Fsp3) is 0.333. The smallest absolute Gasteiger partial charge is 0.142 e. The molecule has 1 aliphatic rings. The van der Waals surface area contributed by atoms with Crippen LogP contribution in [-0.4, -0.2) is 5.11 Å². The molecular weight excluding hydrogens is 179 g/mol. The average molecular weight is 187 g/mol. The lowest BCUT2D eigenvalue weighted by Crippen LogP contribution is -2.04. The number of hydrogen-bond donors (Lipinski definition) is 1. The van der Waals surface area contributed by atoms with E-state index in [-0.39, 0.29) is 5.02 Å². The van der Waals surface area contributed by atoms with Gasteiger partial charge in [-0.1, -0.05) is 17.7 Å². The number of aliphatic hydroxyl groups is 1. The Balaban J connectivity index is 2.41. The molecule has 64 valence electrons. The van der Waals surface area contributed by atoms with Crippen molar-refractivity contribution in [3.8, 4) is 0 Å². The molecule has 1 fully saturated rings. The summed E-state index contributed by atoms with van der Waals surface area (Å²) < 4.78 is 12.9. The molecule has 0 saturated heterocycles. The highest BCUT2D eigenvalue weighted by Crippen LogP contribution is 2.45. The summed E-state index contributed by atoms with van der Waals surface area (Å²) in [5, 5.41) is 9.71. The molecule has 0 radical (unpaired) electrons. The fourth-order valence-corrected chi connectivity index (χ4v) is 1.31. The fourth-order valence-electron chi connectivity index (χ4n) is 1.19. The molecule has 1 saturated carbocycles. The van der Waals surface area contributed by atoms with Crippen molar-refractivity contribution in [1.82, 2.24) is 0 Å². The van der Waals surface area contributed by atoms with Crippen molar-refractivity contribution in [2.24, 2.45) is 0 Å². The molecule has 0 heterocycles. The number of rotatable bonds is 1. The highest BCUT2D eigenvalue weighted by atomic mass is 35.5. The molecule has 0 bridgehead atoms. The van der Waals surface area contributed by atoms with E-state index in [9.17, 15) is 9.50 Å². The molecule has 1 N–H and O–H groups in total. The van der Waals surface area contributed by atoms with Crippen LogP contribution in [-0.2, 0) is 5.60 Å². The quantitative estimate of drug-likeness (QED) is 0.715. The third-order valence-electron chi connectivity index (χ3n) is 2.18. The maximum atomic E-state index is 12.9. The lowest BCUT2D eigenvalue weighted by molar-refractivity contribution is 0.151. The average Bonchev–Trinajstić information content (AvgIpc) is 2.75. The van der Waals surface area contributed by atoms with Crippen molar-refractivity contribution in [2.75, 3.05) is 0 Å². The van der Waals surface area contributed by atoms with Crippen LogP contribution in [0, 0.1) is 5.82 Å². The molecule has 1 aliphatic carbocycles. The van der Waals surface area contributed by atoms with E-state index in [1.54, 1.807) is 6.07 Å². The van der Waals surface area contributed by atoms with Crippen molar-refractivity contribution < 1.29 is 9.50 Å². The first-order valence-electron chi connectivity index (χ1n) is 3.80. The van der Waals surface area contributed by atoms with Crippen molar-refractivity contribution in [3.05, 3.63) is 34.6 Å².